The maximum absolute atomic E-state index is 11.1. The van der Waals surface area contributed by atoms with Gasteiger partial charge in [0.25, 0.3) is 0 Å². The van der Waals surface area contributed by atoms with Crippen LogP contribution in [0.4, 0.5) is 0 Å². The minimum Gasteiger partial charge on any atom is -0.469 e. The van der Waals surface area contributed by atoms with Crippen LogP contribution >= 0.6 is 0 Å². The van der Waals surface area contributed by atoms with Gasteiger partial charge < -0.3 is 9.47 Å². The Labute approximate surface area is 103 Å². The molecule has 0 radical (unpaired) electrons. The van der Waals surface area contributed by atoms with Gasteiger partial charge in [0.05, 0.1) is 19.6 Å². The second-order valence-electron chi connectivity index (χ2n) is 4.09. The zero-order valence-electron chi connectivity index (χ0n) is 10.5. The summed E-state index contributed by atoms with van der Waals surface area (Å²) in [7, 11) is 1.40. The lowest BCUT2D eigenvalue weighted by Gasteiger charge is -2.09. The average Bonchev–Trinajstić information content (AvgIpc) is 2.38. The molecule has 0 aliphatic heterocycles. The molecule has 0 fully saturated rings. The molecule has 0 N–H and O–H groups in total. The predicted molar refractivity (Wildman–Crippen MR) is 66.8 cm³/mol. The van der Waals surface area contributed by atoms with E-state index in [-0.39, 0.29) is 11.9 Å². The lowest BCUT2D eigenvalue weighted by molar-refractivity contribution is -0.146. The maximum atomic E-state index is 11.1. The lowest BCUT2D eigenvalue weighted by atomic mass is 10.1. The lowest BCUT2D eigenvalue weighted by Crippen LogP contribution is -2.18. The van der Waals surface area contributed by atoms with Crippen molar-refractivity contribution in [3.63, 3.8) is 0 Å². The Morgan fingerprint density at radius 3 is 2.65 bits per heavy atom. The summed E-state index contributed by atoms with van der Waals surface area (Å²) in [6.07, 6.45) is 1.98. The first-order chi connectivity index (χ1) is 8.24. The first-order valence-corrected chi connectivity index (χ1v) is 5.93. The Kier molecular flexibility index (Phi) is 6.33. The van der Waals surface area contributed by atoms with Gasteiger partial charge >= 0.3 is 5.97 Å². The van der Waals surface area contributed by atoms with E-state index in [4.69, 9.17) is 4.74 Å². The van der Waals surface area contributed by atoms with Crippen LogP contribution in [0.3, 0.4) is 0 Å². The second-order valence-corrected chi connectivity index (χ2v) is 4.09. The molecule has 0 bridgehead atoms. The molecule has 0 saturated carbocycles. The maximum Gasteiger partial charge on any atom is 0.310 e. The third-order valence-corrected chi connectivity index (χ3v) is 2.57. The summed E-state index contributed by atoms with van der Waals surface area (Å²) in [5.74, 6) is -0.398. The first kappa shape index (κ1) is 13.7. The number of benzene rings is 1. The summed E-state index contributed by atoms with van der Waals surface area (Å²) in [6.45, 7) is 2.92. The predicted octanol–water partition coefficient (Wildman–Crippen LogP) is 2.44. The molecule has 94 valence electrons. The fourth-order valence-corrected chi connectivity index (χ4v) is 1.55. The van der Waals surface area contributed by atoms with Crippen molar-refractivity contribution in [1.82, 2.24) is 0 Å². The summed E-state index contributed by atoms with van der Waals surface area (Å²) in [4.78, 5) is 11.1. The number of carbonyl (C=O) groups excluding carboxylic acids is 1. The van der Waals surface area contributed by atoms with Gasteiger partial charge in [-0.1, -0.05) is 30.3 Å². The minimum atomic E-state index is -0.215. The van der Waals surface area contributed by atoms with E-state index in [1.54, 1.807) is 0 Å². The Bertz CT molecular complexity index is 321. The summed E-state index contributed by atoms with van der Waals surface area (Å²) in [5, 5.41) is 0. The Morgan fingerprint density at radius 2 is 2.00 bits per heavy atom. The van der Waals surface area contributed by atoms with Gasteiger partial charge in [0.15, 0.2) is 0 Å². The van der Waals surface area contributed by atoms with Crippen molar-refractivity contribution >= 4 is 5.97 Å². The molecule has 3 heteroatoms. The van der Waals surface area contributed by atoms with Gasteiger partial charge in [-0.05, 0) is 25.3 Å². The number of esters is 1. The molecule has 0 aromatic heterocycles. The van der Waals surface area contributed by atoms with Crippen LogP contribution in [-0.2, 0) is 20.7 Å². The Balaban J connectivity index is 2.07. The topological polar surface area (TPSA) is 35.5 Å². The average molecular weight is 236 g/mol. The molecule has 0 amide bonds. The van der Waals surface area contributed by atoms with Crippen LogP contribution < -0.4 is 0 Å². The van der Waals surface area contributed by atoms with E-state index in [1.165, 1.54) is 12.7 Å². The molecule has 1 aromatic rings. The first-order valence-electron chi connectivity index (χ1n) is 5.93. The number of hydrogen-bond donors (Lipinski definition) is 0. The largest absolute Gasteiger partial charge is 0.469 e. The van der Waals surface area contributed by atoms with E-state index in [2.05, 4.69) is 16.9 Å². The highest BCUT2D eigenvalue weighted by Crippen LogP contribution is 2.03. The zero-order valence-corrected chi connectivity index (χ0v) is 10.5. The van der Waals surface area contributed by atoms with Crippen molar-refractivity contribution in [1.29, 1.82) is 0 Å². The van der Waals surface area contributed by atoms with Gasteiger partial charge in [0, 0.05) is 6.61 Å². The summed E-state index contributed by atoms with van der Waals surface area (Å²) >= 11 is 0. The van der Waals surface area contributed by atoms with Gasteiger partial charge in [0.2, 0.25) is 0 Å². The quantitative estimate of drug-likeness (QED) is 0.539. The highest BCUT2D eigenvalue weighted by Gasteiger charge is 2.12. The standard InChI is InChI=1S/C14H20O3/c1-12(14(15)16-2)11-17-10-6-9-13-7-4-3-5-8-13/h3-5,7-8,12H,6,9-11H2,1-2H3. The molecular formula is C14H20O3. The molecular weight excluding hydrogens is 216 g/mol. The van der Waals surface area contributed by atoms with Crippen molar-refractivity contribution in [3.8, 4) is 0 Å². The molecule has 1 atom stereocenters. The molecule has 1 rings (SSSR count). The molecule has 0 heterocycles. The van der Waals surface area contributed by atoms with Gasteiger partial charge in [-0.3, -0.25) is 4.79 Å². The number of hydrogen-bond acceptors (Lipinski definition) is 3. The van der Waals surface area contributed by atoms with Gasteiger partial charge in [-0.2, -0.15) is 0 Å². The van der Waals surface area contributed by atoms with Crippen LogP contribution in [0.5, 0.6) is 0 Å². The molecule has 0 aliphatic carbocycles. The molecule has 17 heavy (non-hydrogen) atoms. The van der Waals surface area contributed by atoms with Crippen LogP contribution in [0.2, 0.25) is 0 Å². The van der Waals surface area contributed by atoms with Crippen molar-refractivity contribution in [2.24, 2.45) is 5.92 Å². The smallest absolute Gasteiger partial charge is 0.310 e. The van der Waals surface area contributed by atoms with Gasteiger partial charge in [-0.25, -0.2) is 0 Å². The normalized spacial score (nSPS) is 12.1. The highest BCUT2D eigenvalue weighted by molar-refractivity contribution is 5.71. The molecule has 0 spiro atoms. The number of ether oxygens (including phenoxy) is 2. The van der Waals surface area contributed by atoms with E-state index < -0.39 is 0 Å². The summed E-state index contributed by atoms with van der Waals surface area (Å²) in [5.41, 5.74) is 1.32. The van der Waals surface area contributed by atoms with Gasteiger partial charge in [0.1, 0.15) is 0 Å². The van der Waals surface area contributed by atoms with Gasteiger partial charge in [-0.15, -0.1) is 0 Å². The number of carbonyl (C=O) groups is 1. The van der Waals surface area contributed by atoms with E-state index in [9.17, 15) is 4.79 Å². The van der Waals surface area contributed by atoms with E-state index in [1.807, 2.05) is 25.1 Å². The molecule has 1 aromatic carbocycles. The third-order valence-electron chi connectivity index (χ3n) is 2.57. The molecule has 0 aliphatic rings. The molecule has 1 unspecified atom stereocenters. The Morgan fingerprint density at radius 1 is 1.29 bits per heavy atom. The summed E-state index contributed by atoms with van der Waals surface area (Å²) < 4.78 is 10.1. The number of rotatable bonds is 7. The van der Waals surface area contributed by atoms with E-state index in [0.717, 1.165) is 12.8 Å². The van der Waals surface area contributed by atoms with Crippen molar-refractivity contribution in [2.45, 2.75) is 19.8 Å². The second kappa shape index (κ2) is 7.85. The van der Waals surface area contributed by atoms with Crippen LogP contribution in [-0.4, -0.2) is 26.3 Å². The fourth-order valence-electron chi connectivity index (χ4n) is 1.55. The SMILES string of the molecule is COC(=O)C(C)COCCCc1ccccc1. The van der Waals surface area contributed by atoms with Crippen molar-refractivity contribution in [3.05, 3.63) is 35.9 Å². The Hall–Kier alpha value is -1.35. The minimum absolute atomic E-state index is 0.184. The van der Waals surface area contributed by atoms with Crippen LogP contribution in [0.15, 0.2) is 30.3 Å². The van der Waals surface area contributed by atoms with Crippen LogP contribution in [0.1, 0.15) is 18.9 Å². The number of methoxy groups -OCH3 is 1. The highest BCUT2D eigenvalue weighted by atomic mass is 16.5. The van der Waals surface area contributed by atoms with Crippen LogP contribution in [0, 0.1) is 5.92 Å². The monoisotopic (exact) mass is 236 g/mol. The van der Waals surface area contributed by atoms with E-state index in [0.29, 0.717) is 13.2 Å². The fraction of sp³-hybridized carbons (Fsp3) is 0.500. The zero-order chi connectivity index (χ0) is 12.5. The molecule has 3 nitrogen and oxygen atoms in total. The van der Waals surface area contributed by atoms with E-state index >= 15 is 0 Å². The van der Waals surface area contributed by atoms with Crippen LogP contribution in [0.25, 0.3) is 0 Å². The van der Waals surface area contributed by atoms with Crippen molar-refractivity contribution < 1.29 is 14.3 Å². The number of aryl methyl sites for hydroxylation is 1. The van der Waals surface area contributed by atoms with Crippen molar-refractivity contribution in [2.75, 3.05) is 20.3 Å². The summed E-state index contributed by atoms with van der Waals surface area (Å²) in [6, 6.07) is 10.3. The molecule has 0 saturated heterocycles. The third kappa shape index (κ3) is 5.50.